The highest BCUT2D eigenvalue weighted by molar-refractivity contribution is 14.0. The minimum atomic E-state index is -4.55. The Balaban J connectivity index is 0.00000220. The van der Waals surface area contributed by atoms with E-state index in [0.717, 1.165) is 25.7 Å². The van der Waals surface area contributed by atoms with Crippen molar-refractivity contribution in [3.05, 3.63) is 11.6 Å². The van der Waals surface area contributed by atoms with Crippen molar-refractivity contribution >= 4 is 29.9 Å². The monoisotopic (exact) mass is 418 g/mol. The van der Waals surface area contributed by atoms with Crippen LogP contribution in [0.25, 0.3) is 0 Å². The van der Waals surface area contributed by atoms with E-state index in [1.165, 1.54) is 6.42 Å². The number of H-pyrrole nitrogens is 1. The first-order chi connectivity index (χ1) is 9.45. The van der Waals surface area contributed by atoms with E-state index in [2.05, 4.69) is 25.5 Å². The molecule has 1 aromatic heterocycles. The van der Waals surface area contributed by atoms with Crippen molar-refractivity contribution in [1.29, 1.82) is 0 Å². The minimum absolute atomic E-state index is 0. The molecule has 2 rings (SSSR count). The van der Waals surface area contributed by atoms with Gasteiger partial charge in [-0.2, -0.15) is 13.2 Å². The van der Waals surface area contributed by atoms with Gasteiger partial charge in [0.1, 0.15) is 12.4 Å². The molecule has 1 saturated carbocycles. The number of rotatable bonds is 3. The molecule has 0 aromatic carbocycles. The number of aliphatic imine (C=N–C) groups is 1. The Morgan fingerprint density at radius 2 is 2.00 bits per heavy atom. The molecule has 0 atom stereocenters. The van der Waals surface area contributed by atoms with Crippen molar-refractivity contribution in [2.24, 2.45) is 10.7 Å². The average molecular weight is 418 g/mol. The maximum absolute atomic E-state index is 12.3. The van der Waals surface area contributed by atoms with E-state index in [9.17, 15) is 13.2 Å². The van der Waals surface area contributed by atoms with Gasteiger partial charge in [0.2, 0.25) is 0 Å². The number of aromatic amines is 1. The van der Waals surface area contributed by atoms with E-state index < -0.39 is 12.0 Å². The number of guanidine groups is 1. The van der Waals surface area contributed by atoms with Gasteiger partial charge in [-0.3, -0.25) is 5.10 Å². The second-order valence-corrected chi connectivity index (χ2v) is 4.78. The molecule has 0 saturated heterocycles. The van der Waals surface area contributed by atoms with E-state index in [-0.39, 0.29) is 42.3 Å². The van der Waals surface area contributed by atoms with Gasteiger partial charge in [0.15, 0.2) is 5.96 Å². The van der Waals surface area contributed by atoms with Crippen LogP contribution in [0.4, 0.5) is 13.2 Å². The van der Waals surface area contributed by atoms with Crippen molar-refractivity contribution in [1.82, 2.24) is 20.5 Å². The molecule has 0 bridgehead atoms. The van der Waals surface area contributed by atoms with Gasteiger partial charge >= 0.3 is 6.18 Å². The molecule has 0 radical (unpaired) electrons. The third kappa shape index (κ3) is 5.67. The molecule has 0 amide bonds. The highest BCUT2D eigenvalue weighted by Gasteiger charge is 2.35. The Kier molecular flexibility index (Phi) is 6.68. The van der Waals surface area contributed by atoms with Crippen LogP contribution in [0.5, 0.6) is 0 Å². The fourth-order valence-corrected chi connectivity index (χ4v) is 2.15. The molecular weight excluding hydrogens is 400 g/mol. The van der Waals surface area contributed by atoms with Gasteiger partial charge in [0.25, 0.3) is 5.82 Å². The second-order valence-electron chi connectivity index (χ2n) is 4.78. The molecular formula is C11H18F3IN6. The first kappa shape index (κ1) is 18.0. The average Bonchev–Trinajstić information content (AvgIpc) is 2.86. The summed E-state index contributed by atoms with van der Waals surface area (Å²) in [6.45, 7) is -0.0609. The van der Waals surface area contributed by atoms with Crippen LogP contribution in [0.2, 0.25) is 0 Å². The number of nitrogens with two attached hydrogens (primary N) is 1. The van der Waals surface area contributed by atoms with E-state index in [1.54, 1.807) is 0 Å². The largest absolute Gasteiger partial charge is 0.453 e. The summed E-state index contributed by atoms with van der Waals surface area (Å²) in [7, 11) is 0. The second kappa shape index (κ2) is 7.80. The Hall–Kier alpha value is -1.07. The first-order valence-corrected chi connectivity index (χ1v) is 6.50. The predicted molar refractivity (Wildman–Crippen MR) is 82.1 cm³/mol. The van der Waals surface area contributed by atoms with Crippen LogP contribution in [0.1, 0.15) is 43.8 Å². The van der Waals surface area contributed by atoms with Gasteiger partial charge in [-0.1, -0.05) is 19.3 Å². The van der Waals surface area contributed by atoms with E-state index in [1.807, 2.05) is 0 Å². The number of aromatic nitrogens is 3. The molecule has 1 aromatic rings. The van der Waals surface area contributed by atoms with E-state index in [0.29, 0.717) is 6.04 Å². The van der Waals surface area contributed by atoms with Crippen molar-refractivity contribution in [3.8, 4) is 0 Å². The minimum Gasteiger partial charge on any atom is -0.370 e. The summed E-state index contributed by atoms with van der Waals surface area (Å²) < 4.78 is 36.9. The van der Waals surface area contributed by atoms with Crippen LogP contribution in [0.15, 0.2) is 4.99 Å². The normalized spacial score (nSPS) is 17.4. The lowest BCUT2D eigenvalue weighted by Gasteiger charge is -2.23. The zero-order valence-electron chi connectivity index (χ0n) is 11.3. The number of hydrogen-bond acceptors (Lipinski definition) is 3. The Morgan fingerprint density at radius 1 is 1.33 bits per heavy atom. The van der Waals surface area contributed by atoms with Crippen LogP contribution >= 0.6 is 24.0 Å². The van der Waals surface area contributed by atoms with Crippen molar-refractivity contribution in [2.45, 2.75) is 50.9 Å². The molecule has 0 spiro atoms. The molecule has 21 heavy (non-hydrogen) atoms. The lowest BCUT2D eigenvalue weighted by molar-refractivity contribution is -0.144. The third-order valence-electron chi connectivity index (χ3n) is 3.14. The molecule has 1 heterocycles. The standard InChI is InChI=1S/C11H17F3N6.HI/c12-11(13,14)9-18-8(19-20-9)6-16-10(15)17-7-4-2-1-3-5-7;/h7H,1-6H2,(H3,15,16,17)(H,18,19,20);1H. The van der Waals surface area contributed by atoms with Crippen LogP contribution in [0, 0.1) is 0 Å². The molecule has 120 valence electrons. The summed E-state index contributed by atoms with van der Waals surface area (Å²) in [5, 5.41) is 8.36. The SMILES string of the molecule is I.NC(=NCc1nc(C(F)(F)F)n[nH]1)NC1CCCCC1. The van der Waals surface area contributed by atoms with Crippen molar-refractivity contribution < 1.29 is 13.2 Å². The molecule has 6 nitrogen and oxygen atoms in total. The number of nitrogens with zero attached hydrogens (tertiary/aromatic N) is 3. The van der Waals surface area contributed by atoms with Crippen molar-refractivity contribution in [2.75, 3.05) is 0 Å². The fraction of sp³-hybridized carbons (Fsp3) is 0.727. The lowest BCUT2D eigenvalue weighted by Crippen LogP contribution is -2.41. The quantitative estimate of drug-likeness (QED) is 0.399. The molecule has 1 aliphatic carbocycles. The molecule has 10 heteroatoms. The lowest BCUT2D eigenvalue weighted by atomic mass is 9.96. The van der Waals surface area contributed by atoms with Crippen LogP contribution in [-0.2, 0) is 12.7 Å². The third-order valence-corrected chi connectivity index (χ3v) is 3.14. The smallest absolute Gasteiger partial charge is 0.370 e. The van der Waals surface area contributed by atoms with E-state index >= 15 is 0 Å². The van der Waals surface area contributed by atoms with Crippen LogP contribution in [0.3, 0.4) is 0 Å². The van der Waals surface area contributed by atoms with Crippen LogP contribution in [-0.4, -0.2) is 27.2 Å². The molecule has 0 unspecified atom stereocenters. The number of nitrogens with one attached hydrogen (secondary N) is 2. The number of hydrogen-bond donors (Lipinski definition) is 3. The molecule has 4 N–H and O–H groups in total. The fourth-order valence-electron chi connectivity index (χ4n) is 2.15. The molecule has 0 aliphatic heterocycles. The van der Waals surface area contributed by atoms with Gasteiger partial charge in [-0.05, 0) is 12.8 Å². The summed E-state index contributed by atoms with van der Waals surface area (Å²) in [6, 6.07) is 0.299. The number of alkyl halides is 3. The summed E-state index contributed by atoms with van der Waals surface area (Å²) in [6.07, 6.45) is 1.06. The Morgan fingerprint density at radius 3 is 2.57 bits per heavy atom. The summed E-state index contributed by atoms with van der Waals surface area (Å²) >= 11 is 0. The molecule has 1 fully saturated rings. The van der Waals surface area contributed by atoms with Crippen molar-refractivity contribution in [3.63, 3.8) is 0 Å². The maximum Gasteiger partial charge on any atom is 0.453 e. The Labute approximate surface area is 137 Å². The number of halogens is 4. The van der Waals surface area contributed by atoms with Crippen LogP contribution < -0.4 is 11.1 Å². The van der Waals surface area contributed by atoms with E-state index in [4.69, 9.17) is 5.73 Å². The topological polar surface area (TPSA) is 92.0 Å². The highest BCUT2D eigenvalue weighted by atomic mass is 127. The predicted octanol–water partition coefficient (Wildman–Crippen LogP) is 2.18. The summed E-state index contributed by atoms with van der Waals surface area (Å²) in [5.74, 6) is -0.936. The summed E-state index contributed by atoms with van der Waals surface area (Å²) in [4.78, 5) is 7.28. The first-order valence-electron chi connectivity index (χ1n) is 6.50. The van der Waals surface area contributed by atoms with Gasteiger partial charge in [-0.15, -0.1) is 29.1 Å². The highest BCUT2D eigenvalue weighted by Crippen LogP contribution is 2.25. The van der Waals surface area contributed by atoms with Gasteiger partial charge in [0, 0.05) is 6.04 Å². The summed E-state index contributed by atoms with van der Waals surface area (Å²) in [5.41, 5.74) is 5.70. The van der Waals surface area contributed by atoms with Gasteiger partial charge in [-0.25, -0.2) is 9.98 Å². The van der Waals surface area contributed by atoms with Gasteiger partial charge < -0.3 is 11.1 Å². The molecule has 1 aliphatic rings. The zero-order valence-corrected chi connectivity index (χ0v) is 13.6. The van der Waals surface area contributed by atoms with Gasteiger partial charge in [0.05, 0.1) is 0 Å². The zero-order chi connectivity index (χ0) is 14.6. The Bertz CT molecular complexity index is 467. The maximum atomic E-state index is 12.3.